The summed E-state index contributed by atoms with van der Waals surface area (Å²) in [6, 6.07) is 0. The van der Waals surface area contributed by atoms with Crippen molar-refractivity contribution in [3.8, 4) is 0 Å². The van der Waals surface area contributed by atoms with Crippen LogP contribution in [0.4, 0.5) is 4.79 Å². The van der Waals surface area contributed by atoms with E-state index < -0.39 is 6.09 Å². The van der Waals surface area contributed by atoms with E-state index in [1.165, 1.54) is 0 Å². The number of carbonyl (C=O) groups is 1. The molecule has 0 radical (unpaired) electrons. The Hall–Kier alpha value is -1.32. The van der Waals surface area contributed by atoms with Gasteiger partial charge in [0.25, 0.3) is 0 Å². The van der Waals surface area contributed by atoms with E-state index in [1.54, 1.807) is 0 Å². The Morgan fingerprint density at radius 2 is 2.20 bits per heavy atom. The van der Waals surface area contributed by atoms with Crippen molar-refractivity contribution >= 4 is 12.3 Å². The number of aliphatic imine (C=N–C) groups is 1. The molecule has 0 fully saturated rings. The van der Waals surface area contributed by atoms with Crippen LogP contribution in [-0.2, 0) is 4.74 Å². The maximum Gasteiger partial charge on any atom is 0.404 e. The summed E-state index contributed by atoms with van der Waals surface area (Å²) in [4.78, 5) is 14.6. The number of hydrogen-bond donors (Lipinski definition) is 1. The Labute approximate surface area is 91.2 Å². The average molecular weight is 212 g/mol. The Morgan fingerprint density at radius 1 is 1.47 bits per heavy atom. The van der Waals surface area contributed by atoms with Gasteiger partial charge in [0.15, 0.2) is 0 Å². The number of nitrogens with two attached hydrogens (primary N) is 1. The molecular formula is C11H20N2O2. The normalized spacial score (nSPS) is 12.0. The summed E-state index contributed by atoms with van der Waals surface area (Å²) < 4.78 is 4.67. The molecule has 0 aliphatic rings. The highest BCUT2D eigenvalue weighted by molar-refractivity contribution is 5.65. The van der Waals surface area contributed by atoms with Crippen LogP contribution in [-0.4, -0.2) is 18.9 Å². The molecule has 0 saturated heterocycles. The van der Waals surface area contributed by atoms with Gasteiger partial charge >= 0.3 is 6.09 Å². The Bertz CT molecular complexity index is 235. The van der Waals surface area contributed by atoms with E-state index in [1.807, 2.05) is 19.2 Å². The van der Waals surface area contributed by atoms with Gasteiger partial charge in [0.2, 0.25) is 0 Å². The molecule has 0 rings (SSSR count). The van der Waals surface area contributed by atoms with Crippen LogP contribution in [0.15, 0.2) is 16.8 Å². The van der Waals surface area contributed by atoms with Crippen molar-refractivity contribution in [2.45, 2.75) is 39.5 Å². The van der Waals surface area contributed by atoms with Crippen molar-refractivity contribution in [2.75, 3.05) is 6.61 Å². The van der Waals surface area contributed by atoms with Crippen LogP contribution in [0, 0.1) is 0 Å². The molecule has 0 unspecified atom stereocenters. The topological polar surface area (TPSA) is 64.7 Å². The zero-order chi connectivity index (χ0) is 11.5. The Morgan fingerprint density at radius 3 is 2.73 bits per heavy atom. The second-order valence-corrected chi connectivity index (χ2v) is 3.17. The first kappa shape index (κ1) is 13.7. The lowest BCUT2D eigenvalue weighted by molar-refractivity contribution is 0.166. The fourth-order valence-corrected chi connectivity index (χ4v) is 1.01. The van der Waals surface area contributed by atoms with E-state index in [0.717, 1.165) is 31.4 Å². The molecule has 4 heteroatoms. The van der Waals surface area contributed by atoms with Gasteiger partial charge in [-0.05, 0) is 19.3 Å². The predicted octanol–water partition coefficient (Wildman–Crippen LogP) is 2.64. The van der Waals surface area contributed by atoms with Gasteiger partial charge < -0.3 is 10.5 Å². The fraction of sp³-hybridized carbons (Fsp3) is 0.636. The number of amides is 1. The molecule has 0 heterocycles. The summed E-state index contributed by atoms with van der Waals surface area (Å²) in [5, 5.41) is 0. The van der Waals surface area contributed by atoms with Crippen LogP contribution in [0.1, 0.15) is 39.5 Å². The first-order valence-electron chi connectivity index (χ1n) is 5.34. The molecule has 0 atom stereocenters. The number of primary amides is 1. The number of hydrogen-bond acceptors (Lipinski definition) is 3. The summed E-state index contributed by atoms with van der Waals surface area (Å²) >= 11 is 0. The summed E-state index contributed by atoms with van der Waals surface area (Å²) in [7, 11) is 0. The van der Waals surface area contributed by atoms with E-state index in [-0.39, 0.29) is 6.61 Å². The van der Waals surface area contributed by atoms with Crippen molar-refractivity contribution in [1.29, 1.82) is 0 Å². The molecule has 86 valence electrons. The second-order valence-electron chi connectivity index (χ2n) is 3.17. The van der Waals surface area contributed by atoms with Crippen LogP contribution >= 0.6 is 0 Å². The molecule has 0 aromatic heterocycles. The lowest BCUT2D eigenvalue weighted by atomic mass is 10.3. The van der Waals surface area contributed by atoms with Crippen molar-refractivity contribution in [3.05, 3.63) is 11.8 Å². The van der Waals surface area contributed by atoms with Crippen molar-refractivity contribution in [3.63, 3.8) is 0 Å². The minimum Gasteiger partial charge on any atom is -0.443 e. The standard InChI is InChI=1S/C11H20N2O2/c1-3-5-6-8-13-10(7-4-2)9-15-11(12)14/h7-8H,3-6,9H2,1-2H3,(H2,12,14)/b10-7+,13-8-. The van der Waals surface area contributed by atoms with E-state index in [9.17, 15) is 4.79 Å². The molecule has 0 bridgehead atoms. The SMILES string of the molecule is CC/C=C(COC(N)=O)/N=C\CCCC. The van der Waals surface area contributed by atoms with E-state index >= 15 is 0 Å². The molecule has 0 aliphatic heterocycles. The molecule has 0 aliphatic carbocycles. The highest BCUT2D eigenvalue weighted by atomic mass is 16.5. The van der Waals surface area contributed by atoms with Crippen molar-refractivity contribution in [1.82, 2.24) is 0 Å². The van der Waals surface area contributed by atoms with Gasteiger partial charge in [-0.1, -0.05) is 26.3 Å². The number of nitrogens with zero attached hydrogens (tertiary/aromatic N) is 1. The van der Waals surface area contributed by atoms with E-state index in [0.29, 0.717) is 0 Å². The zero-order valence-electron chi connectivity index (χ0n) is 9.53. The Balaban J connectivity index is 3.98. The van der Waals surface area contributed by atoms with E-state index in [4.69, 9.17) is 5.73 Å². The third kappa shape index (κ3) is 9.00. The summed E-state index contributed by atoms with van der Waals surface area (Å²) in [6.07, 6.45) is 7.11. The van der Waals surface area contributed by atoms with E-state index in [2.05, 4.69) is 16.7 Å². The number of unbranched alkanes of at least 4 members (excludes halogenated alkanes) is 2. The molecular weight excluding hydrogens is 192 g/mol. The number of carbonyl (C=O) groups excluding carboxylic acids is 1. The quantitative estimate of drug-likeness (QED) is 0.520. The van der Waals surface area contributed by atoms with Crippen LogP contribution in [0.3, 0.4) is 0 Å². The van der Waals surface area contributed by atoms with Crippen LogP contribution in [0.25, 0.3) is 0 Å². The molecule has 2 N–H and O–H groups in total. The molecule has 0 spiro atoms. The maximum atomic E-state index is 10.4. The minimum absolute atomic E-state index is 0.159. The highest BCUT2D eigenvalue weighted by Crippen LogP contribution is 2.01. The molecule has 4 nitrogen and oxygen atoms in total. The summed E-state index contributed by atoms with van der Waals surface area (Å²) in [5.41, 5.74) is 5.63. The first-order chi connectivity index (χ1) is 7.20. The average Bonchev–Trinajstić information content (AvgIpc) is 2.20. The van der Waals surface area contributed by atoms with Crippen molar-refractivity contribution in [2.24, 2.45) is 10.7 Å². The zero-order valence-corrected chi connectivity index (χ0v) is 9.53. The molecule has 0 aromatic rings. The molecule has 15 heavy (non-hydrogen) atoms. The molecule has 0 aromatic carbocycles. The number of ether oxygens (including phenoxy) is 1. The van der Waals surface area contributed by atoms with Gasteiger partial charge in [-0.3, -0.25) is 4.99 Å². The monoisotopic (exact) mass is 212 g/mol. The third-order valence-electron chi connectivity index (χ3n) is 1.75. The smallest absolute Gasteiger partial charge is 0.404 e. The molecule has 1 amide bonds. The number of rotatable bonds is 7. The van der Waals surface area contributed by atoms with Gasteiger partial charge in [-0.25, -0.2) is 4.79 Å². The number of allylic oxidation sites excluding steroid dienone is 1. The first-order valence-corrected chi connectivity index (χ1v) is 5.34. The highest BCUT2D eigenvalue weighted by Gasteiger charge is 1.97. The van der Waals surface area contributed by atoms with Gasteiger partial charge in [0.05, 0.1) is 5.70 Å². The van der Waals surface area contributed by atoms with Gasteiger partial charge in [0, 0.05) is 6.21 Å². The van der Waals surface area contributed by atoms with Gasteiger partial charge in [-0.2, -0.15) is 0 Å². The Kier molecular flexibility index (Phi) is 8.43. The predicted molar refractivity (Wildman–Crippen MR) is 61.9 cm³/mol. The second kappa shape index (κ2) is 9.24. The van der Waals surface area contributed by atoms with Crippen LogP contribution in [0.5, 0.6) is 0 Å². The van der Waals surface area contributed by atoms with Crippen LogP contribution in [0.2, 0.25) is 0 Å². The lowest BCUT2D eigenvalue weighted by Crippen LogP contribution is -2.14. The van der Waals surface area contributed by atoms with Crippen molar-refractivity contribution < 1.29 is 9.53 Å². The van der Waals surface area contributed by atoms with Crippen LogP contribution < -0.4 is 5.73 Å². The summed E-state index contributed by atoms with van der Waals surface area (Å²) in [6.45, 7) is 4.30. The minimum atomic E-state index is -0.763. The van der Waals surface area contributed by atoms with Gasteiger partial charge in [-0.15, -0.1) is 0 Å². The third-order valence-corrected chi connectivity index (χ3v) is 1.75. The summed E-state index contributed by atoms with van der Waals surface area (Å²) in [5.74, 6) is 0. The van der Waals surface area contributed by atoms with Gasteiger partial charge in [0.1, 0.15) is 6.61 Å². The largest absolute Gasteiger partial charge is 0.443 e. The maximum absolute atomic E-state index is 10.4. The molecule has 0 saturated carbocycles. The lowest BCUT2D eigenvalue weighted by Gasteiger charge is -2.01. The fourth-order valence-electron chi connectivity index (χ4n) is 1.01.